The second kappa shape index (κ2) is 6.78. The Labute approximate surface area is 118 Å². The van der Waals surface area contributed by atoms with Crippen LogP contribution in [-0.2, 0) is 4.79 Å². The highest BCUT2D eigenvalue weighted by molar-refractivity contribution is 6.30. The van der Waals surface area contributed by atoms with Gasteiger partial charge in [0.25, 0.3) is 0 Å². The summed E-state index contributed by atoms with van der Waals surface area (Å²) in [6.07, 6.45) is 0. The number of amides is 1. The maximum atomic E-state index is 11.8. The lowest BCUT2D eigenvalue weighted by Crippen LogP contribution is -2.49. The fourth-order valence-corrected chi connectivity index (χ4v) is 2.12. The SMILES string of the molecule is CC(C(=O)NCCOc1cccc(Cl)c1)C1CNC1. The van der Waals surface area contributed by atoms with Crippen LogP contribution in [0.1, 0.15) is 6.92 Å². The smallest absolute Gasteiger partial charge is 0.223 e. The first-order valence-corrected chi connectivity index (χ1v) is 6.91. The maximum absolute atomic E-state index is 11.8. The van der Waals surface area contributed by atoms with Gasteiger partial charge in [-0.05, 0) is 37.2 Å². The molecule has 1 aromatic carbocycles. The summed E-state index contributed by atoms with van der Waals surface area (Å²) in [7, 11) is 0. The Morgan fingerprint density at radius 2 is 2.37 bits per heavy atom. The van der Waals surface area contributed by atoms with Gasteiger partial charge in [0.15, 0.2) is 0 Å². The molecular formula is C14H19ClN2O2. The van der Waals surface area contributed by atoms with Crippen molar-refractivity contribution in [1.82, 2.24) is 10.6 Å². The molecule has 0 spiro atoms. The average molecular weight is 283 g/mol. The van der Waals surface area contributed by atoms with E-state index in [9.17, 15) is 4.79 Å². The van der Waals surface area contributed by atoms with Gasteiger partial charge in [-0.3, -0.25) is 4.79 Å². The van der Waals surface area contributed by atoms with Crippen LogP contribution in [0.15, 0.2) is 24.3 Å². The van der Waals surface area contributed by atoms with Gasteiger partial charge in [-0.25, -0.2) is 0 Å². The molecule has 19 heavy (non-hydrogen) atoms. The lowest BCUT2D eigenvalue weighted by Gasteiger charge is -2.31. The summed E-state index contributed by atoms with van der Waals surface area (Å²) in [5.74, 6) is 1.35. The predicted molar refractivity (Wildman–Crippen MR) is 75.5 cm³/mol. The molecule has 1 fully saturated rings. The Morgan fingerprint density at radius 3 is 3.00 bits per heavy atom. The van der Waals surface area contributed by atoms with Crippen molar-refractivity contribution in [2.45, 2.75) is 6.92 Å². The molecule has 104 valence electrons. The van der Waals surface area contributed by atoms with Crippen LogP contribution in [0.4, 0.5) is 0 Å². The first-order chi connectivity index (χ1) is 9.16. The Morgan fingerprint density at radius 1 is 1.58 bits per heavy atom. The molecule has 1 unspecified atom stereocenters. The number of halogens is 1. The predicted octanol–water partition coefficient (Wildman–Crippen LogP) is 1.69. The lowest BCUT2D eigenvalue weighted by molar-refractivity contribution is -0.126. The van der Waals surface area contributed by atoms with E-state index in [2.05, 4.69) is 10.6 Å². The van der Waals surface area contributed by atoms with Crippen LogP contribution in [0.3, 0.4) is 0 Å². The number of ether oxygens (including phenoxy) is 1. The van der Waals surface area contributed by atoms with Crippen LogP contribution in [0.25, 0.3) is 0 Å². The van der Waals surface area contributed by atoms with Crippen LogP contribution in [-0.4, -0.2) is 32.1 Å². The number of hydrogen-bond donors (Lipinski definition) is 2. The zero-order chi connectivity index (χ0) is 13.7. The van der Waals surface area contributed by atoms with Crippen molar-refractivity contribution >= 4 is 17.5 Å². The summed E-state index contributed by atoms with van der Waals surface area (Å²) in [6.45, 7) is 4.80. The minimum Gasteiger partial charge on any atom is -0.492 e. The molecule has 1 saturated heterocycles. The number of rotatable bonds is 6. The highest BCUT2D eigenvalue weighted by Gasteiger charge is 2.28. The fourth-order valence-electron chi connectivity index (χ4n) is 1.94. The third kappa shape index (κ3) is 4.11. The van der Waals surface area contributed by atoms with Crippen molar-refractivity contribution in [2.75, 3.05) is 26.2 Å². The van der Waals surface area contributed by atoms with Crippen molar-refractivity contribution < 1.29 is 9.53 Å². The van der Waals surface area contributed by atoms with Gasteiger partial charge in [0.2, 0.25) is 5.91 Å². The standard InChI is InChI=1S/C14H19ClN2O2/c1-10(11-8-16-9-11)14(18)17-5-6-19-13-4-2-3-12(15)7-13/h2-4,7,10-11,16H,5-6,8-9H2,1H3,(H,17,18). The maximum Gasteiger partial charge on any atom is 0.223 e. The number of hydrogen-bond acceptors (Lipinski definition) is 3. The van der Waals surface area contributed by atoms with Crippen LogP contribution in [0, 0.1) is 11.8 Å². The van der Waals surface area contributed by atoms with Crippen molar-refractivity contribution in [2.24, 2.45) is 11.8 Å². The number of carbonyl (C=O) groups is 1. The molecule has 1 amide bonds. The van der Waals surface area contributed by atoms with Crippen molar-refractivity contribution in [3.63, 3.8) is 0 Å². The number of carbonyl (C=O) groups excluding carboxylic acids is 1. The van der Waals surface area contributed by atoms with E-state index in [1.165, 1.54) is 0 Å². The van der Waals surface area contributed by atoms with Crippen molar-refractivity contribution in [1.29, 1.82) is 0 Å². The topological polar surface area (TPSA) is 50.4 Å². The summed E-state index contributed by atoms with van der Waals surface area (Å²) >= 11 is 5.85. The second-order valence-corrected chi connectivity index (χ2v) is 5.24. The Bertz CT molecular complexity index is 435. The van der Waals surface area contributed by atoms with Crippen molar-refractivity contribution in [3.05, 3.63) is 29.3 Å². The Kier molecular flexibility index (Phi) is 5.05. The van der Waals surface area contributed by atoms with Gasteiger partial charge in [-0.15, -0.1) is 0 Å². The molecule has 0 saturated carbocycles. The zero-order valence-electron chi connectivity index (χ0n) is 11.0. The molecule has 1 aromatic rings. The van der Waals surface area contributed by atoms with Crippen LogP contribution >= 0.6 is 11.6 Å². The first-order valence-electron chi connectivity index (χ1n) is 6.53. The largest absolute Gasteiger partial charge is 0.492 e. The molecular weight excluding hydrogens is 264 g/mol. The fraction of sp³-hybridized carbons (Fsp3) is 0.500. The molecule has 0 aliphatic carbocycles. The molecule has 0 bridgehead atoms. The summed E-state index contributed by atoms with van der Waals surface area (Å²) in [6, 6.07) is 7.23. The van der Waals surface area contributed by atoms with Crippen LogP contribution in [0.5, 0.6) is 5.75 Å². The van der Waals surface area contributed by atoms with E-state index in [1.54, 1.807) is 12.1 Å². The zero-order valence-corrected chi connectivity index (χ0v) is 11.7. The van der Waals surface area contributed by atoms with Gasteiger partial charge in [0.05, 0.1) is 6.54 Å². The third-order valence-electron chi connectivity index (χ3n) is 3.40. The average Bonchev–Trinajstić information content (AvgIpc) is 2.32. The van der Waals surface area contributed by atoms with Gasteiger partial charge in [-0.2, -0.15) is 0 Å². The van der Waals surface area contributed by atoms with Crippen LogP contribution < -0.4 is 15.4 Å². The third-order valence-corrected chi connectivity index (χ3v) is 3.63. The minimum atomic E-state index is 0.0624. The summed E-state index contributed by atoms with van der Waals surface area (Å²) in [5, 5.41) is 6.71. The summed E-state index contributed by atoms with van der Waals surface area (Å²) in [5.41, 5.74) is 0. The lowest BCUT2D eigenvalue weighted by atomic mass is 9.88. The van der Waals surface area contributed by atoms with E-state index in [0.29, 0.717) is 24.1 Å². The van der Waals surface area contributed by atoms with Crippen molar-refractivity contribution in [3.8, 4) is 5.75 Å². The molecule has 1 atom stereocenters. The van der Waals surface area contributed by atoms with E-state index in [1.807, 2.05) is 19.1 Å². The van der Waals surface area contributed by atoms with E-state index in [4.69, 9.17) is 16.3 Å². The highest BCUT2D eigenvalue weighted by atomic mass is 35.5. The molecule has 2 rings (SSSR count). The summed E-state index contributed by atoms with van der Waals surface area (Å²) in [4.78, 5) is 11.8. The molecule has 1 aliphatic rings. The van der Waals surface area contributed by atoms with E-state index in [-0.39, 0.29) is 11.8 Å². The van der Waals surface area contributed by atoms with Gasteiger partial charge >= 0.3 is 0 Å². The Balaban J connectivity index is 1.64. The molecule has 0 aromatic heterocycles. The van der Waals surface area contributed by atoms with Gasteiger partial charge in [0.1, 0.15) is 12.4 Å². The normalized spacial score (nSPS) is 16.5. The molecule has 1 aliphatic heterocycles. The molecule has 0 radical (unpaired) electrons. The van der Waals surface area contributed by atoms with Gasteiger partial charge in [0, 0.05) is 10.9 Å². The van der Waals surface area contributed by atoms with E-state index >= 15 is 0 Å². The summed E-state index contributed by atoms with van der Waals surface area (Å²) < 4.78 is 5.51. The Hall–Kier alpha value is -1.26. The number of benzene rings is 1. The van der Waals surface area contributed by atoms with Gasteiger partial charge < -0.3 is 15.4 Å². The molecule has 2 N–H and O–H groups in total. The number of nitrogens with one attached hydrogen (secondary N) is 2. The minimum absolute atomic E-state index is 0.0624. The molecule has 5 heteroatoms. The molecule has 4 nitrogen and oxygen atoms in total. The van der Waals surface area contributed by atoms with E-state index < -0.39 is 0 Å². The van der Waals surface area contributed by atoms with E-state index in [0.717, 1.165) is 18.8 Å². The monoisotopic (exact) mass is 282 g/mol. The van der Waals surface area contributed by atoms with Gasteiger partial charge in [-0.1, -0.05) is 24.6 Å². The van der Waals surface area contributed by atoms with Crippen LogP contribution in [0.2, 0.25) is 5.02 Å². The quantitative estimate of drug-likeness (QED) is 0.781. The second-order valence-electron chi connectivity index (χ2n) is 4.80. The first kappa shape index (κ1) is 14.2. The molecule has 1 heterocycles. The highest BCUT2D eigenvalue weighted by Crippen LogP contribution is 2.17.